The van der Waals surface area contributed by atoms with Crippen molar-refractivity contribution < 1.29 is 14.3 Å². The van der Waals surface area contributed by atoms with Gasteiger partial charge in [-0.3, -0.25) is 14.4 Å². The number of thiophene rings is 1. The van der Waals surface area contributed by atoms with Gasteiger partial charge in [0, 0.05) is 31.1 Å². The number of aromatic nitrogens is 2. The molecular weight excluding hydrogens is 412 g/mol. The monoisotopic (exact) mass is 438 g/mol. The van der Waals surface area contributed by atoms with Gasteiger partial charge in [-0.25, -0.2) is 4.79 Å². The Labute approximate surface area is 185 Å². The Hall–Kier alpha value is -2.97. The van der Waals surface area contributed by atoms with Crippen LogP contribution in [-0.2, 0) is 30.8 Å². The van der Waals surface area contributed by atoms with E-state index in [1.807, 2.05) is 32.0 Å². The number of amides is 1. The molecule has 1 aromatic carbocycles. The smallest absolute Gasteiger partial charge is 0.341 e. The lowest BCUT2D eigenvalue weighted by atomic mass is 10.0. The Bertz CT molecular complexity index is 1100. The number of nitrogens with one attached hydrogen (secondary N) is 1. The summed E-state index contributed by atoms with van der Waals surface area (Å²) in [7, 11) is 1.37. The highest BCUT2D eigenvalue weighted by atomic mass is 32.1. The molecule has 1 N–H and O–H groups in total. The van der Waals surface area contributed by atoms with Crippen LogP contribution in [0.1, 0.15) is 49.5 Å². The van der Waals surface area contributed by atoms with Gasteiger partial charge in [-0.2, -0.15) is 5.10 Å². The molecule has 0 unspecified atom stereocenters. The maximum atomic E-state index is 13.0. The molecule has 31 heavy (non-hydrogen) atoms. The van der Waals surface area contributed by atoms with Gasteiger partial charge < -0.3 is 10.1 Å². The van der Waals surface area contributed by atoms with Gasteiger partial charge in [0.1, 0.15) is 10.7 Å². The van der Waals surface area contributed by atoms with E-state index in [0.717, 1.165) is 42.2 Å². The molecule has 0 saturated carbocycles. The number of hydrogen-bond donors (Lipinski definition) is 1. The van der Waals surface area contributed by atoms with E-state index >= 15 is 0 Å². The number of aryl methyl sites for hydroxylation is 2. The number of fused-ring (bicyclic) bond motifs is 1. The topological polar surface area (TPSA) is 76.5 Å². The van der Waals surface area contributed by atoms with Crippen LogP contribution in [-0.4, -0.2) is 40.2 Å². The minimum atomic E-state index is -0.413. The van der Waals surface area contributed by atoms with Crippen molar-refractivity contribution in [3.63, 3.8) is 0 Å². The van der Waals surface area contributed by atoms with E-state index in [1.54, 1.807) is 10.7 Å². The zero-order valence-electron chi connectivity index (χ0n) is 18.0. The van der Waals surface area contributed by atoms with Crippen molar-refractivity contribution in [2.75, 3.05) is 19.0 Å². The Morgan fingerprint density at radius 1 is 1.26 bits per heavy atom. The highest BCUT2D eigenvalue weighted by Gasteiger charge is 2.30. The van der Waals surface area contributed by atoms with Gasteiger partial charge >= 0.3 is 5.97 Å². The predicted octanol–water partition coefficient (Wildman–Crippen LogP) is 3.87. The fraction of sp³-hybridized carbons (Fsp3) is 0.348. The Morgan fingerprint density at radius 2 is 2.03 bits per heavy atom. The summed E-state index contributed by atoms with van der Waals surface area (Å²) in [6.07, 6.45) is 0.741. The third-order valence-electron chi connectivity index (χ3n) is 5.44. The quantitative estimate of drug-likeness (QED) is 0.591. The molecule has 1 aliphatic heterocycles. The van der Waals surface area contributed by atoms with Crippen molar-refractivity contribution in [2.24, 2.45) is 0 Å². The van der Waals surface area contributed by atoms with Gasteiger partial charge in [0.25, 0.3) is 5.91 Å². The first-order valence-corrected chi connectivity index (χ1v) is 11.2. The molecule has 0 radical (unpaired) electrons. The number of carbonyl (C=O) groups excluding carboxylic acids is 2. The lowest BCUT2D eigenvalue weighted by Crippen LogP contribution is -2.29. The fourth-order valence-electron chi connectivity index (χ4n) is 3.98. The van der Waals surface area contributed by atoms with Crippen LogP contribution in [0.15, 0.2) is 36.4 Å². The van der Waals surface area contributed by atoms with Crippen LogP contribution in [0.3, 0.4) is 0 Å². The minimum Gasteiger partial charge on any atom is -0.465 e. The van der Waals surface area contributed by atoms with Crippen LogP contribution >= 0.6 is 11.3 Å². The summed E-state index contributed by atoms with van der Waals surface area (Å²) >= 11 is 1.46. The highest BCUT2D eigenvalue weighted by molar-refractivity contribution is 7.17. The van der Waals surface area contributed by atoms with Crippen molar-refractivity contribution in [3.05, 3.63) is 69.4 Å². The lowest BCUT2D eigenvalue weighted by molar-refractivity contribution is 0.0600. The van der Waals surface area contributed by atoms with E-state index in [2.05, 4.69) is 27.4 Å². The number of ether oxygens (including phenoxy) is 1. The molecule has 7 nitrogen and oxygen atoms in total. The zero-order chi connectivity index (χ0) is 22.0. The molecular formula is C23H26N4O3S. The van der Waals surface area contributed by atoms with Crippen LogP contribution in [0.25, 0.3) is 0 Å². The number of methoxy groups -OCH3 is 1. The number of hydrogen-bond acceptors (Lipinski definition) is 6. The number of benzene rings is 1. The predicted molar refractivity (Wildman–Crippen MR) is 121 cm³/mol. The summed E-state index contributed by atoms with van der Waals surface area (Å²) in [4.78, 5) is 29.0. The second-order valence-electron chi connectivity index (χ2n) is 7.59. The fourth-order valence-corrected chi connectivity index (χ4v) is 5.25. The third kappa shape index (κ3) is 4.40. The van der Waals surface area contributed by atoms with Crippen molar-refractivity contribution in [1.29, 1.82) is 0 Å². The first-order chi connectivity index (χ1) is 15.0. The number of esters is 1. The summed E-state index contributed by atoms with van der Waals surface area (Å²) in [5, 5.41) is 7.84. The van der Waals surface area contributed by atoms with Crippen molar-refractivity contribution >= 4 is 28.2 Å². The summed E-state index contributed by atoms with van der Waals surface area (Å²) in [5.41, 5.74) is 3.98. The van der Waals surface area contributed by atoms with E-state index in [-0.39, 0.29) is 5.91 Å². The van der Waals surface area contributed by atoms with Crippen LogP contribution < -0.4 is 5.32 Å². The SMILES string of the molecule is CCn1nc(C)cc1C(=O)Nc1sc2c(c1C(=O)OC)CCN(Cc1ccccc1)C2. The summed E-state index contributed by atoms with van der Waals surface area (Å²) in [6.45, 7) is 6.82. The number of rotatable bonds is 6. The molecule has 162 valence electrons. The molecule has 0 spiro atoms. The van der Waals surface area contributed by atoms with Gasteiger partial charge in [-0.05, 0) is 37.5 Å². The van der Waals surface area contributed by atoms with Crippen LogP contribution in [0.5, 0.6) is 0 Å². The summed E-state index contributed by atoms with van der Waals surface area (Å²) in [5.74, 6) is -0.683. The first kappa shape index (κ1) is 21.3. The largest absolute Gasteiger partial charge is 0.465 e. The lowest BCUT2D eigenvalue weighted by Gasteiger charge is -2.27. The molecule has 3 aromatic rings. The third-order valence-corrected chi connectivity index (χ3v) is 6.57. The molecule has 0 fully saturated rings. The number of carbonyl (C=O) groups is 2. The maximum Gasteiger partial charge on any atom is 0.341 e. The first-order valence-electron chi connectivity index (χ1n) is 10.3. The zero-order valence-corrected chi connectivity index (χ0v) is 18.8. The maximum absolute atomic E-state index is 13.0. The Balaban J connectivity index is 1.60. The number of anilines is 1. The Morgan fingerprint density at radius 3 is 2.74 bits per heavy atom. The minimum absolute atomic E-state index is 0.271. The molecule has 1 amide bonds. The van der Waals surface area contributed by atoms with Gasteiger partial charge in [-0.15, -0.1) is 11.3 Å². The Kier molecular flexibility index (Phi) is 6.20. The summed E-state index contributed by atoms with van der Waals surface area (Å²) in [6, 6.07) is 12.1. The second-order valence-corrected chi connectivity index (χ2v) is 8.69. The van der Waals surface area contributed by atoms with E-state index in [4.69, 9.17) is 4.74 Å². The average Bonchev–Trinajstić information content (AvgIpc) is 3.33. The van der Waals surface area contributed by atoms with Gasteiger partial charge in [0.2, 0.25) is 0 Å². The molecule has 0 aliphatic carbocycles. The second kappa shape index (κ2) is 9.03. The van der Waals surface area contributed by atoms with Crippen LogP contribution in [0.2, 0.25) is 0 Å². The molecule has 0 saturated heterocycles. The standard InChI is InChI=1S/C23H26N4O3S/c1-4-27-18(12-15(2)25-27)21(28)24-22-20(23(29)30-3)17-10-11-26(14-19(17)31-22)13-16-8-6-5-7-9-16/h5-9,12H,4,10-11,13-14H2,1-3H3,(H,24,28). The average molecular weight is 439 g/mol. The molecule has 8 heteroatoms. The van der Waals surface area contributed by atoms with Gasteiger partial charge in [0.15, 0.2) is 0 Å². The van der Waals surface area contributed by atoms with E-state index in [1.165, 1.54) is 24.0 Å². The van der Waals surface area contributed by atoms with Gasteiger partial charge in [-0.1, -0.05) is 30.3 Å². The van der Waals surface area contributed by atoms with Gasteiger partial charge in [0.05, 0.1) is 18.4 Å². The van der Waals surface area contributed by atoms with Crippen LogP contribution in [0, 0.1) is 6.92 Å². The summed E-state index contributed by atoms with van der Waals surface area (Å²) < 4.78 is 6.71. The van der Waals surface area contributed by atoms with E-state index in [9.17, 15) is 9.59 Å². The normalized spacial score (nSPS) is 13.6. The molecule has 0 bridgehead atoms. The van der Waals surface area contributed by atoms with E-state index < -0.39 is 5.97 Å². The molecule has 2 aromatic heterocycles. The highest BCUT2D eigenvalue weighted by Crippen LogP contribution is 2.38. The molecule has 1 aliphatic rings. The number of nitrogens with zero attached hydrogens (tertiary/aromatic N) is 3. The molecule has 0 atom stereocenters. The van der Waals surface area contributed by atoms with Crippen molar-refractivity contribution in [1.82, 2.24) is 14.7 Å². The van der Waals surface area contributed by atoms with Crippen molar-refractivity contribution in [3.8, 4) is 0 Å². The van der Waals surface area contributed by atoms with E-state index in [0.29, 0.717) is 22.8 Å². The van der Waals surface area contributed by atoms with Crippen LogP contribution in [0.4, 0.5) is 5.00 Å². The molecule has 3 heterocycles. The van der Waals surface area contributed by atoms with Crippen molar-refractivity contribution in [2.45, 2.75) is 39.9 Å². The molecule has 4 rings (SSSR count).